The van der Waals surface area contributed by atoms with Gasteiger partial charge in [0.15, 0.2) is 6.29 Å². The van der Waals surface area contributed by atoms with Crippen LogP contribution in [0.1, 0.15) is 27.2 Å². The molecule has 1 aliphatic rings. The molecular weight excluding hydrogens is 248 g/mol. The summed E-state index contributed by atoms with van der Waals surface area (Å²) in [4.78, 5) is 27.0. The molecule has 0 aromatic carbocycles. The van der Waals surface area contributed by atoms with E-state index in [0.717, 1.165) is 6.42 Å². The van der Waals surface area contributed by atoms with Gasteiger partial charge >= 0.3 is 11.8 Å². The van der Waals surface area contributed by atoms with Crippen LogP contribution in [0.4, 0.5) is 0 Å². The lowest BCUT2D eigenvalue weighted by Crippen LogP contribution is -2.56. The quantitative estimate of drug-likeness (QED) is 0.476. The zero-order chi connectivity index (χ0) is 14.3. The van der Waals surface area contributed by atoms with Gasteiger partial charge in [-0.25, -0.2) is 0 Å². The number of piperazine rings is 1. The van der Waals surface area contributed by atoms with Gasteiger partial charge < -0.3 is 19.3 Å². The second-order valence-electron chi connectivity index (χ2n) is 4.38. The summed E-state index contributed by atoms with van der Waals surface area (Å²) < 4.78 is 10.8. The van der Waals surface area contributed by atoms with Gasteiger partial charge in [-0.05, 0) is 20.3 Å². The molecule has 0 aliphatic carbocycles. The van der Waals surface area contributed by atoms with Crippen molar-refractivity contribution in [2.75, 3.05) is 39.4 Å². The van der Waals surface area contributed by atoms with Gasteiger partial charge in [-0.3, -0.25) is 9.59 Å². The molecule has 0 saturated carbocycles. The fourth-order valence-electron chi connectivity index (χ4n) is 2.08. The first-order chi connectivity index (χ1) is 9.13. The van der Waals surface area contributed by atoms with Crippen molar-refractivity contribution in [2.24, 2.45) is 0 Å². The van der Waals surface area contributed by atoms with Crippen LogP contribution in [0.25, 0.3) is 0 Å². The van der Waals surface area contributed by atoms with Gasteiger partial charge in [0.25, 0.3) is 0 Å². The molecule has 0 radical (unpaired) electrons. The van der Waals surface area contributed by atoms with Crippen LogP contribution in [0, 0.1) is 0 Å². The molecule has 0 aromatic rings. The van der Waals surface area contributed by atoms with Gasteiger partial charge in [0.1, 0.15) is 0 Å². The highest BCUT2D eigenvalue weighted by molar-refractivity contribution is 6.35. The highest BCUT2D eigenvalue weighted by Gasteiger charge is 2.33. The highest BCUT2D eigenvalue weighted by atomic mass is 16.7. The molecule has 0 unspecified atom stereocenters. The lowest BCUT2D eigenvalue weighted by Gasteiger charge is -2.35. The predicted molar refractivity (Wildman–Crippen MR) is 70.5 cm³/mol. The Morgan fingerprint density at radius 2 is 1.53 bits per heavy atom. The van der Waals surface area contributed by atoms with Crippen LogP contribution in [0.2, 0.25) is 0 Å². The van der Waals surface area contributed by atoms with Crippen molar-refractivity contribution in [1.82, 2.24) is 9.80 Å². The minimum absolute atomic E-state index is 0.312. The van der Waals surface area contributed by atoms with Gasteiger partial charge in [-0.15, -0.1) is 0 Å². The largest absolute Gasteiger partial charge is 0.351 e. The van der Waals surface area contributed by atoms with Crippen LogP contribution in [-0.2, 0) is 19.1 Å². The van der Waals surface area contributed by atoms with Crippen molar-refractivity contribution in [1.29, 1.82) is 0 Å². The zero-order valence-electron chi connectivity index (χ0n) is 12.1. The Labute approximate surface area is 114 Å². The SMILES string of the molecule is CCCN1CCN(CC(OCC)OCC)C(=O)C1=O. The Morgan fingerprint density at radius 3 is 2.05 bits per heavy atom. The molecule has 0 atom stereocenters. The molecule has 19 heavy (non-hydrogen) atoms. The summed E-state index contributed by atoms with van der Waals surface area (Å²) in [6.07, 6.45) is 0.406. The fourth-order valence-corrected chi connectivity index (χ4v) is 2.08. The molecule has 110 valence electrons. The predicted octanol–water partition coefficient (Wildman–Crippen LogP) is 0.466. The van der Waals surface area contributed by atoms with E-state index in [9.17, 15) is 9.59 Å². The molecule has 1 saturated heterocycles. The number of nitrogens with zero attached hydrogens (tertiary/aromatic N) is 2. The standard InChI is InChI=1S/C13H24N2O4/c1-4-7-14-8-9-15(13(17)12(14)16)10-11(18-5-2)19-6-3/h11H,4-10H2,1-3H3. The molecule has 1 fully saturated rings. The lowest BCUT2D eigenvalue weighted by molar-refractivity contribution is -0.169. The Hall–Kier alpha value is -1.14. The van der Waals surface area contributed by atoms with E-state index in [2.05, 4.69) is 0 Å². The number of rotatable bonds is 8. The first kappa shape index (κ1) is 15.9. The van der Waals surface area contributed by atoms with Crippen LogP contribution in [-0.4, -0.2) is 67.3 Å². The molecule has 0 bridgehead atoms. The normalized spacial score (nSPS) is 16.6. The molecule has 1 aliphatic heterocycles. The minimum atomic E-state index is -0.455. The molecule has 6 heteroatoms. The average molecular weight is 272 g/mol. The van der Waals surface area contributed by atoms with E-state index in [1.807, 2.05) is 20.8 Å². The minimum Gasteiger partial charge on any atom is -0.351 e. The summed E-state index contributed by atoms with van der Waals surface area (Å²) in [5.74, 6) is -0.871. The third kappa shape index (κ3) is 4.47. The molecule has 2 amide bonds. The summed E-state index contributed by atoms with van der Waals surface area (Å²) in [5, 5.41) is 0. The molecule has 1 rings (SSSR count). The Bertz CT molecular complexity index is 303. The molecule has 0 spiro atoms. The smallest absolute Gasteiger partial charge is 0.312 e. The zero-order valence-corrected chi connectivity index (χ0v) is 12.1. The summed E-state index contributed by atoms with van der Waals surface area (Å²) in [5.41, 5.74) is 0. The first-order valence-electron chi connectivity index (χ1n) is 6.95. The van der Waals surface area contributed by atoms with E-state index in [4.69, 9.17) is 9.47 Å². The third-order valence-corrected chi connectivity index (χ3v) is 2.97. The van der Waals surface area contributed by atoms with Crippen molar-refractivity contribution in [3.8, 4) is 0 Å². The van der Waals surface area contributed by atoms with Crippen molar-refractivity contribution < 1.29 is 19.1 Å². The van der Waals surface area contributed by atoms with E-state index >= 15 is 0 Å². The van der Waals surface area contributed by atoms with Crippen LogP contribution >= 0.6 is 0 Å². The Kier molecular flexibility index (Phi) is 6.80. The van der Waals surface area contributed by atoms with Crippen LogP contribution in [0.5, 0.6) is 0 Å². The van der Waals surface area contributed by atoms with Gasteiger partial charge in [-0.1, -0.05) is 6.92 Å². The molecule has 0 N–H and O–H groups in total. The molecule has 0 aromatic heterocycles. The summed E-state index contributed by atoms with van der Waals surface area (Å²) in [6, 6.07) is 0. The average Bonchev–Trinajstić information content (AvgIpc) is 2.39. The highest BCUT2D eigenvalue weighted by Crippen LogP contribution is 2.08. The number of carbonyl (C=O) groups is 2. The second-order valence-corrected chi connectivity index (χ2v) is 4.38. The van der Waals surface area contributed by atoms with Crippen molar-refractivity contribution in [3.63, 3.8) is 0 Å². The number of amides is 2. The number of hydrogen-bond donors (Lipinski definition) is 0. The maximum atomic E-state index is 12.0. The molecular formula is C13H24N2O4. The number of hydrogen-bond acceptors (Lipinski definition) is 4. The lowest BCUT2D eigenvalue weighted by atomic mass is 10.2. The molecule has 1 heterocycles. The Balaban J connectivity index is 2.55. The van der Waals surface area contributed by atoms with E-state index in [1.54, 1.807) is 4.90 Å². The summed E-state index contributed by atoms with van der Waals surface area (Å²) in [7, 11) is 0. The van der Waals surface area contributed by atoms with Gasteiger partial charge in [0, 0.05) is 32.8 Å². The monoisotopic (exact) mass is 272 g/mol. The maximum absolute atomic E-state index is 12.0. The van der Waals surface area contributed by atoms with Crippen LogP contribution in [0.3, 0.4) is 0 Å². The van der Waals surface area contributed by atoms with Crippen molar-refractivity contribution in [3.05, 3.63) is 0 Å². The van der Waals surface area contributed by atoms with E-state index in [1.165, 1.54) is 4.90 Å². The van der Waals surface area contributed by atoms with Gasteiger partial charge in [-0.2, -0.15) is 0 Å². The third-order valence-electron chi connectivity index (χ3n) is 2.97. The van der Waals surface area contributed by atoms with Gasteiger partial charge in [0.05, 0.1) is 6.54 Å². The summed E-state index contributed by atoms with van der Waals surface area (Å²) in [6.45, 7) is 8.85. The van der Waals surface area contributed by atoms with Crippen molar-refractivity contribution >= 4 is 11.8 Å². The maximum Gasteiger partial charge on any atom is 0.312 e. The van der Waals surface area contributed by atoms with E-state index in [-0.39, 0.29) is 0 Å². The number of ether oxygens (including phenoxy) is 2. The first-order valence-corrected chi connectivity index (χ1v) is 6.95. The topological polar surface area (TPSA) is 59.1 Å². The number of carbonyl (C=O) groups excluding carboxylic acids is 2. The van der Waals surface area contributed by atoms with Crippen LogP contribution < -0.4 is 0 Å². The van der Waals surface area contributed by atoms with Crippen LogP contribution in [0.15, 0.2) is 0 Å². The van der Waals surface area contributed by atoms with Gasteiger partial charge in [0.2, 0.25) is 0 Å². The Morgan fingerprint density at radius 1 is 1.00 bits per heavy atom. The molecule has 6 nitrogen and oxygen atoms in total. The summed E-state index contributed by atoms with van der Waals surface area (Å²) >= 11 is 0. The fraction of sp³-hybridized carbons (Fsp3) is 0.846. The van der Waals surface area contributed by atoms with Crippen molar-refractivity contribution in [2.45, 2.75) is 33.5 Å². The van der Waals surface area contributed by atoms with E-state index in [0.29, 0.717) is 39.4 Å². The second kappa shape index (κ2) is 8.12. The van der Waals surface area contributed by atoms with E-state index < -0.39 is 18.1 Å².